The third-order valence-corrected chi connectivity index (χ3v) is 6.55. The second kappa shape index (κ2) is 7.54. The number of aromatic hydroxyl groups is 1. The summed E-state index contributed by atoms with van der Waals surface area (Å²) in [4.78, 5) is 30.9. The summed E-state index contributed by atoms with van der Waals surface area (Å²) in [6, 6.07) is 9.75. The van der Waals surface area contributed by atoms with Crippen molar-refractivity contribution in [1.82, 2.24) is 15.0 Å². The standard InChI is InChI=1S/C18H13N5O6S2/c1-8-2-7-11-13(14(8)31(27,28)29)30-17(19-11)9-3-5-10(6-4-9)22-23-12-15(24)20-18(26)21-16(12)25/h2-7H,1H3,(H,27,28,29)(H3,20,21,24,25,26). The summed E-state index contributed by atoms with van der Waals surface area (Å²) < 4.78 is 33.4. The van der Waals surface area contributed by atoms with Crippen molar-refractivity contribution >= 4 is 43.0 Å². The minimum Gasteiger partial charge on any atom is -0.493 e. The predicted octanol–water partition coefficient (Wildman–Crippen LogP) is 3.02. The van der Waals surface area contributed by atoms with E-state index in [1.54, 1.807) is 43.3 Å². The summed E-state index contributed by atoms with van der Waals surface area (Å²) in [6.45, 7) is 1.59. The maximum atomic E-state index is 11.8. The summed E-state index contributed by atoms with van der Waals surface area (Å²) in [7, 11) is -4.41. The number of hydrogen-bond donors (Lipinski definition) is 4. The molecule has 0 aliphatic heterocycles. The topological polar surface area (TPSA) is 178 Å². The maximum Gasteiger partial charge on any atom is 0.328 e. The van der Waals surface area contributed by atoms with E-state index in [4.69, 9.17) is 0 Å². The zero-order valence-corrected chi connectivity index (χ0v) is 17.3. The Bertz CT molecular complexity index is 1570. The van der Waals surface area contributed by atoms with Crippen LogP contribution in [-0.4, -0.2) is 33.0 Å². The van der Waals surface area contributed by atoms with Crippen molar-refractivity contribution < 1.29 is 18.1 Å². The number of H-pyrrole nitrogens is 2. The Morgan fingerprint density at radius 3 is 2.39 bits per heavy atom. The van der Waals surface area contributed by atoms with E-state index in [0.29, 0.717) is 32.0 Å². The highest BCUT2D eigenvalue weighted by Gasteiger charge is 2.20. The van der Waals surface area contributed by atoms with Crippen LogP contribution in [0.1, 0.15) is 5.56 Å². The van der Waals surface area contributed by atoms with E-state index in [1.807, 2.05) is 9.97 Å². The summed E-state index contributed by atoms with van der Waals surface area (Å²) in [5.74, 6) is -0.700. The fourth-order valence-corrected chi connectivity index (χ4v) is 5.17. The number of rotatable bonds is 4. The van der Waals surface area contributed by atoms with Gasteiger partial charge in [-0.2, -0.15) is 13.5 Å². The lowest BCUT2D eigenvalue weighted by atomic mass is 10.2. The molecule has 2 heterocycles. The molecule has 4 rings (SSSR count). The van der Waals surface area contributed by atoms with Crippen LogP contribution in [0.5, 0.6) is 5.88 Å². The quantitative estimate of drug-likeness (QED) is 0.267. The Morgan fingerprint density at radius 2 is 1.74 bits per heavy atom. The number of thiazole rings is 1. The number of hydrogen-bond acceptors (Lipinski definition) is 9. The van der Waals surface area contributed by atoms with Crippen LogP contribution in [0.15, 0.2) is 61.1 Å². The molecule has 0 aliphatic carbocycles. The predicted molar refractivity (Wildman–Crippen MR) is 113 cm³/mol. The first kappa shape index (κ1) is 20.6. The Morgan fingerprint density at radius 1 is 1.03 bits per heavy atom. The molecule has 4 aromatic rings. The molecule has 2 aromatic carbocycles. The molecule has 0 spiro atoms. The van der Waals surface area contributed by atoms with Gasteiger partial charge in [0.05, 0.1) is 15.9 Å². The highest BCUT2D eigenvalue weighted by atomic mass is 32.2. The van der Waals surface area contributed by atoms with Gasteiger partial charge >= 0.3 is 5.69 Å². The molecule has 2 aromatic heterocycles. The summed E-state index contributed by atoms with van der Waals surface area (Å²) in [5, 5.41) is 17.7. The third kappa shape index (κ3) is 4.01. The van der Waals surface area contributed by atoms with Crippen molar-refractivity contribution in [3.05, 3.63) is 62.8 Å². The Labute approximate surface area is 177 Å². The largest absolute Gasteiger partial charge is 0.493 e. The Balaban J connectivity index is 1.68. The summed E-state index contributed by atoms with van der Waals surface area (Å²) >= 11 is 1.12. The number of nitrogens with zero attached hydrogens (tertiary/aromatic N) is 3. The second-order valence-corrected chi connectivity index (χ2v) is 8.76. The van der Waals surface area contributed by atoms with Gasteiger partial charge in [0.1, 0.15) is 9.90 Å². The van der Waals surface area contributed by atoms with Crippen LogP contribution in [-0.2, 0) is 10.1 Å². The van der Waals surface area contributed by atoms with Crippen molar-refractivity contribution in [3.8, 4) is 16.5 Å². The molecule has 0 aliphatic rings. The van der Waals surface area contributed by atoms with Gasteiger partial charge in [-0.15, -0.1) is 16.5 Å². The Kier molecular flexibility index (Phi) is 5.00. The third-order valence-electron chi connectivity index (χ3n) is 4.25. The molecule has 4 N–H and O–H groups in total. The number of azo groups is 1. The molecule has 0 atom stereocenters. The van der Waals surface area contributed by atoms with Crippen molar-refractivity contribution in [1.29, 1.82) is 0 Å². The van der Waals surface area contributed by atoms with Gasteiger partial charge in [-0.25, -0.2) is 9.78 Å². The van der Waals surface area contributed by atoms with Crippen molar-refractivity contribution in [2.75, 3.05) is 0 Å². The van der Waals surface area contributed by atoms with Crippen LogP contribution in [0.3, 0.4) is 0 Å². The van der Waals surface area contributed by atoms with Gasteiger partial charge in [-0.1, -0.05) is 6.07 Å². The molecule has 11 nitrogen and oxygen atoms in total. The van der Waals surface area contributed by atoms with Crippen molar-refractivity contribution in [3.63, 3.8) is 0 Å². The molecule has 0 amide bonds. The lowest BCUT2D eigenvalue weighted by molar-refractivity contribution is 0.450. The second-order valence-electron chi connectivity index (χ2n) is 6.41. The van der Waals surface area contributed by atoms with Crippen molar-refractivity contribution in [2.24, 2.45) is 10.2 Å². The van der Waals surface area contributed by atoms with Crippen LogP contribution in [0.25, 0.3) is 20.8 Å². The molecule has 13 heteroatoms. The minimum absolute atomic E-state index is 0.162. The molecule has 158 valence electrons. The van der Waals surface area contributed by atoms with Gasteiger partial charge < -0.3 is 5.11 Å². The molecule has 0 bridgehead atoms. The number of benzene rings is 2. The van der Waals surface area contributed by atoms with Crippen LogP contribution in [0, 0.1) is 6.92 Å². The maximum absolute atomic E-state index is 11.8. The van der Waals surface area contributed by atoms with Crippen molar-refractivity contribution in [2.45, 2.75) is 11.8 Å². The number of aryl methyl sites for hydroxylation is 1. The zero-order valence-electron chi connectivity index (χ0n) is 15.6. The number of fused-ring (bicyclic) bond motifs is 1. The summed E-state index contributed by atoms with van der Waals surface area (Å²) in [6.07, 6.45) is 0. The molecule has 31 heavy (non-hydrogen) atoms. The van der Waals surface area contributed by atoms with Crippen LogP contribution in [0.2, 0.25) is 0 Å². The van der Waals surface area contributed by atoms with E-state index in [0.717, 1.165) is 11.3 Å². The molecule has 0 fully saturated rings. The number of aromatic amines is 2. The number of aromatic nitrogens is 3. The smallest absolute Gasteiger partial charge is 0.328 e. The van der Waals surface area contributed by atoms with E-state index in [9.17, 15) is 27.7 Å². The lowest BCUT2D eigenvalue weighted by Crippen LogP contribution is -2.20. The average Bonchev–Trinajstić information content (AvgIpc) is 3.10. The molecular formula is C18H13N5O6S2. The van der Waals surface area contributed by atoms with Gasteiger partial charge in [0.15, 0.2) is 0 Å². The fraction of sp³-hybridized carbons (Fsp3) is 0.0556. The van der Waals surface area contributed by atoms with E-state index in [2.05, 4.69) is 15.2 Å². The van der Waals surface area contributed by atoms with Crippen LogP contribution in [0.4, 0.5) is 11.4 Å². The van der Waals surface area contributed by atoms with E-state index in [-0.39, 0.29) is 4.90 Å². The zero-order chi connectivity index (χ0) is 22.3. The van der Waals surface area contributed by atoms with Gasteiger partial charge in [0.25, 0.3) is 15.7 Å². The molecule has 0 radical (unpaired) electrons. The van der Waals surface area contributed by atoms with Gasteiger partial charge in [-0.3, -0.25) is 19.3 Å². The van der Waals surface area contributed by atoms with Gasteiger partial charge in [-0.05, 0) is 42.8 Å². The van der Waals surface area contributed by atoms with Crippen LogP contribution < -0.4 is 11.2 Å². The van der Waals surface area contributed by atoms with Gasteiger partial charge in [0, 0.05) is 5.56 Å². The van der Waals surface area contributed by atoms with Crippen LogP contribution >= 0.6 is 11.3 Å². The SMILES string of the molecule is Cc1ccc2nc(-c3ccc(N=Nc4c(O)[nH]c(=O)[nH]c4=O)cc3)sc2c1S(=O)(=O)O. The normalized spacial score (nSPS) is 12.1. The molecule has 0 saturated carbocycles. The highest BCUT2D eigenvalue weighted by Crippen LogP contribution is 2.36. The monoisotopic (exact) mass is 459 g/mol. The lowest BCUT2D eigenvalue weighted by Gasteiger charge is -2.02. The first-order chi connectivity index (χ1) is 14.6. The van der Waals surface area contributed by atoms with E-state index in [1.165, 1.54) is 0 Å². The molecular weight excluding hydrogens is 446 g/mol. The minimum atomic E-state index is -4.41. The molecule has 0 unspecified atom stereocenters. The highest BCUT2D eigenvalue weighted by molar-refractivity contribution is 7.86. The Hall–Kier alpha value is -3.68. The average molecular weight is 459 g/mol. The van der Waals surface area contributed by atoms with E-state index >= 15 is 0 Å². The first-order valence-electron chi connectivity index (χ1n) is 8.59. The summed E-state index contributed by atoms with van der Waals surface area (Å²) in [5.41, 5.74) is -0.317. The fourth-order valence-electron chi connectivity index (χ4n) is 2.85. The first-order valence-corrected chi connectivity index (χ1v) is 10.8. The number of nitrogens with one attached hydrogen (secondary N) is 2. The van der Waals surface area contributed by atoms with Gasteiger partial charge in [0.2, 0.25) is 11.6 Å². The molecule has 0 saturated heterocycles. The van der Waals surface area contributed by atoms with E-state index < -0.39 is 32.9 Å².